The molecule has 0 bridgehead atoms. The lowest BCUT2D eigenvalue weighted by Crippen LogP contribution is -2.35. The molecule has 1 aromatic carbocycles. The summed E-state index contributed by atoms with van der Waals surface area (Å²) in [5.41, 5.74) is 2.34. The Balaban J connectivity index is 1.83. The van der Waals surface area contributed by atoms with Crippen LogP contribution in [0.15, 0.2) is 16.9 Å². The Labute approximate surface area is 138 Å². The van der Waals surface area contributed by atoms with Gasteiger partial charge in [0.15, 0.2) is 11.5 Å². The van der Waals surface area contributed by atoms with Crippen LogP contribution in [-0.2, 0) is 19.5 Å². The molecule has 0 radical (unpaired) electrons. The van der Waals surface area contributed by atoms with Crippen LogP contribution in [0, 0.1) is 6.92 Å². The fraction of sp³-hybridized carbons (Fsp3) is 0.375. The van der Waals surface area contributed by atoms with Gasteiger partial charge < -0.3 is 14.8 Å². The number of halogens is 1. The Morgan fingerprint density at radius 1 is 1.48 bits per heavy atom. The number of aromatic amines is 1. The molecular weight excluding hydrogens is 318 g/mol. The van der Waals surface area contributed by atoms with E-state index in [0.717, 1.165) is 23.4 Å². The van der Waals surface area contributed by atoms with Gasteiger partial charge in [-0.3, -0.25) is 9.69 Å². The van der Waals surface area contributed by atoms with Gasteiger partial charge in [-0.2, -0.15) is 0 Å². The van der Waals surface area contributed by atoms with E-state index < -0.39 is 0 Å². The summed E-state index contributed by atoms with van der Waals surface area (Å²) in [6.07, 6.45) is 0.650. The molecule has 0 atom stereocenters. The van der Waals surface area contributed by atoms with Crippen LogP contribution in [0.4, 0.5) is 0 Å². The van der Waals surface area contributed by atoms with Crippen molar-refractivity contribution in [1.29, 1.82) is 0 Å². The van der Waals surface area contributed by atoms with Crippen molar-refractivity contribution < 1.29 is 9.84 Å². The smallest absolute Gasteiger partial charge is 0.254 e. The van der Waals surface area contributed by atoms with Crippen molar-refractivity contribution in [2.24, 2.45) is 0 Å². The number of phenolic OH excluding ortho intramolecular Hbond substituents is 1. The highest BCUT2D eigenvalue weighted by molar-refractivity contribution is 6.33. The first-order valence-corrected chi connectivity index (χ1v) is 7.72. The molecule has 1 aliphatic rings. The number of phenols is 1. The van der Waals surface area contributed by atoms with E-state index in [1.807, 2.05) is 6.07 Å². The van der Waals surface area contributed by atoms with Gasteiger partial charge in [0.25, 0.3) is 5.56 Å². The monoisotopic (exact) mass is 335 g/mol. The average Bonchev–Trinajstić information content (AvgIpc) is 2.51. The van der Waals surface area contributed by atoms with Gasteiger partial charge in [0.05, 0.1) is 17.8 Å². The van der Waals surface area contributed by atoms with Crippen molar-refractivity contribution in [1.82, 2.24) is 14.9 Å². The van der Waals surface area contributed by atoms with Gasteiger partial charge in [-0.1, -0.05) is 17.7 Å². The molecule has 1 aliphatic heterocycles. The Morgan fingerprint density at radius 3 is 3.00 bits per heavy atom. The summed E-state index contributed by atoms with van der Waals surface area (Å²) in [7, 11) is 1.48. The standard InChI is InChI=1S/C16H18ClN3O3/c1-9-18-12-8-20(6-5-11(12)16(22)19-9)7-10-3-4-13(23-2)15(21)14(10)17/h3-4,21H,5-8H2,1-2H3,(H,18,19,22). The van der Waals surface area contributed by atoms with Crippen LogP contribution in [0.5, 0.6) is 11.5 Å². The van der Waals surface area contributed by atoms with E-state index in [1.54, 1.807) is 13.0 Å². The fourth-order valence-electron chi connectivity index (χ4n) is 2.87. The number of hydrogen-bond donors (Lipinski definition) is 2. The number of hydrogen-bond acceptors (Lipinski definition) is 5. The molecule has 0 unspecified atom stereocenters. The zero-order valence-corrected chi connectivity index (χ0v) is 13.8. The number of aromatic hydroxyl groups is 1. The number of ether oxygens (including phenoxy) is 1. The first-order chi connectivity index (χ1) is 11.0. The van der Waals surface area contributed by atoms with Gasteiger partial charge in [-0.25, -0.2) is 4.98 Å². The Morgan fingerprint density at radius 2 is 2.26 bits per heavy atom. The maximum absolute atomic E-state index is 11.9. The fourth-order valence-corrected chi connectivity index (χ4v) is 3.09. The average molecular weight is 336 g/mol. The lowest BCUT2D eigenvalue weighted by Gasteiger charge is -2.28. The van der Waals surface area contributed by atoms with E-state index in [2.05, 4.69) is 14.9 Å². The van der Waals surface area contributed by atoms with Crippen molar-refractivity contribution in [3.8, 4) is 11.5 Å². The highest BCUT2D eigenvalue weighted by Gasteiger charge is 2.22. The van der Waals surface area contributed by atoms with Crippen LogP contribution in [-0.4, -0.2) is 33.6 Å². The summed E-state index contributed by atoms with van der Waals surface area (Å²) < 4.78 is 5.05. The van der Waals surface area contributed by atoms with Crippen LogP contribution < -0.4 is 10.3 Å². The molecule has 0 fully saturated rings. The molecule has 3 rings (SSSR count). The molecule has 2 heterocycles. The highest BCUT2D eigenvalue weighted by Crippen LogP contribution is 2.37. The predicted octanol–water partition coefficient (Wildman–Crippen LogP) is 2.00. The number of rotatable bonds is 3. The Bertz CT molecular complexity index is 804. The van der Waals surface area contributed by atoms with Gasteiger partial charge in [0.2, 0.25) is 0 Å². The van der Waals surface area contributed by atoms with Crippen molar-refractivity contribution in [3.05, 3.63) is 50.2 Å². The Hall–Kier alpha value is -2.05. The molecule has 6 nitrogen and oxygen atoms in total. The molecule has 0 saturated carbocycles. The third-order valence-corrected chi connectivity index (χ3v) is 4.47. The topological polar surface area (TPSA) is 78.5 Å². The van der Waals surface area contributed by atoms with Gasteiger partial charge >= 0.3 is 0 Å². The molecular formula is C16H18ClN3O3. The number of H-pyrrole nitrogens is 1. The predicted molar refractivity (Wildman–Crippen MR) is 87.1 cm³/mol. The zero-order chi connectivity index (χ0) is 16.6. The highest BCUT2D eigenvalue weighted by atomic mass is 35.5. The number of fused-ring (bicyclic) bond motifs is 1. The second kappa shape index (κ2) is 6.22. The number of nitrogens with zero attached hydrogens (tertiary/aromatic N) is 2. The lowest BCUT2D eigenvalue weighted by molar-refractivity contribution is 0.239. The molecule has 0 spiro atoms. The molecule has 0 aliphatic carbocycles. The van der Waals surface area contributed by atoms with E-state index in [0.29, 0.717) is 36.1 Å². The van der Waals surface area contributed by atoms with Crippen molar-refractivity contribution >= 4 is 11.6 Å². The summed E-state index contributed by atoms with van der Waals surface area (Å²) in [4.78, 5) is 21.3. The van der Waals surface area contributed by atoms with E-state index in [4.69, 9.17) is 16.3 Å². The summed E-state index contributed by atoms with van der Waals surface area (Å²) in [5, 5.41) is 10.3. The van der Waals surface area contributed by atoms with E-state index in [1.165, 1.54) is 7.11 Å². The van der Waals surface area contributed by atoms with E-state index in [-0.39, 0.29) is 11.3 Å². The van der Waals surface area contributed by atoms with Crippen molar-refractivity contribution in [2.45, 2.75) is 26.4 Å². The SMILES string of the molecule is COc1ccc(CN2CCc3c(nc(C)[nH]c3=O)C2)c(Cl)c1O. The van der Waals surface area contributed by atoms with Gasteiger partial charge in [-0.05, 0) is 25.0 Å². The van der Waals surface area contributed by atoms with Crippen LogP contribution in [0.2, 0.25) is 5.02 Å². The molecule has 2 N–H and O–H groups in total. The molecule has 0 amide bonds. The minimum Gasteiger partial charge on any atom is -0.503 e. The lowest BCUT2D eigenvalue weighted by atomic mass is 10.1. The van der Waals surface area contributed by atoms with Crippen LogP contribution in [0.1, 0.15) is 22.6 Å². The Kier molecular flexibility index (Phi) is 4.28. The second-order valence-corrected chi connectivity index (χ2v) is 6.00. The quantitative estimate of drug-likeness (QED) is 0.897. The molecule has 1 aromatic heterocycles. The number of benzene rings is 1. The van der Waals surface area contributed by atoms with Gasteiger partial charge in [0.1, 0.15) is 5.82 Å². The summed E-state index contributed by atoms with van der Waals surface area (Å²) >= 11 is 6.22. The zero-order valence-electron chi connectivity index (χ0n) is 13.0. The van der Waals surface area contributed by atoms with Crippen LogP contribution in [0.3, 0.4) is 0 Å². The molecule has 122 valence electrons. The van der Waals surface area contributed by atoms with Crippen molar-refractivity contribution in [2.75, 3.05) is 13.7 Å². The first-order valence-electron chi connectivity index (χ1n) is 7.35. The third kappa shape index (κ3) is 3.04. The number of aromatic nitrogens is 2. The summed E-state index contributed by atoms with van der Waals surface area (Å²) in [6, 6.07) is 3.54. The van der Waals surface area contributed by atoms with Gasteiger partial charge in [-0.15, -0.1) is 0 Å². The maximum Gasteiger partial charge on any atom is 0.254 e. The van der Waals surface area contributed by atoms with Crippen LogP contribution >= 0.6 is 11.6 Å². The molecule has 0 saturated heterocycles. The van der Waals surface area contributed by atoms with Gasteiger partial charge in [0, 0.05) is 25.2 Å². The minimum absolute atomic E-state index is 0.0468. The molecule has 23 heavy (non-hydrogen) atoms. The number of nitrogens with one attached hydrogen (secondary N) is 1. The number of aryl methyl sites for hydroxylation is 1. The maximum atomic E-state index is 11.9. The third-order valence-electron chi connectivity index (χ3n) is 4.04. The van der Waals surface area contributed by atoms with Crippen LogP contribution in [0.25, 0.3) is 0 Å². The van der Waals surface area contributed by atoms with E-state index in [9.17, 15) is 9.90 Å². The van der Waals surface area contributed by atoms with Crippen molar-refractivity contribution in [3.63, 3.8) is 0 Å². The molecule has 7 heteroatoms. The molecule has 2 aromatic rings. The minimum atomic E-state index is -0.0488. The largest absolute Gasteiger partial charge is 0.503 e. The second-order valence-electron chi connectivity index (χ2n) is 5.63. The normalized spacial score (nSPS) is 14.6. The van der Waals surface area contributed by atoms with E-state index >= 15 is 0 Å². The summed E-state index contributed by atoms with van der Waals surface area (Å²) in [6.45, 7) is 3.68. The first kappa shape index (κ1) is 15.8. The number of methoxy groups -OCH3 is 1. The summed E-state index contributed by atoms with van der Waals surface area (Å²) in [5.74, 6) is 0.928.